The van der Waals surface area contributed by atoms with E-state index in [9.17, 15) is 0 Å². The summed E-state index contributed by atoms with van der Waals surface area (Å²) in [6.07, 6.45) is 10.4. The molecule has 160 valence electrons. The predicted molar refractivity (Wildman–Crippen MR) is 126 cm³/mol. The largest absolute Gasteiger partial charge is 0.382 e. The zero-order valence-electron chi connectivity index (χ0n) is 17.9. The molecule has 0 radical (unpaired) electrons. The molecule has 1 saturated heterocycles. The van der Waals surface area contributed by atoms with E-state index in [1.165, 1.54) is 64.6 Å². The van der Waals surface area contributed by atoms with Crippen molar-refractivity contribution in [3.8, 4) is 0 Å². The normalized spacial score (nSPS) is 21.1. The van der Waals surface area contributed by atoms with Crippen LogP contribution in [0.4, 0.5) is 0 Å². The highest BCUT2D eigenvalue weighted by atomic mass is 127. The molecule has 2 rings (SSSR count). The van der Waals surface area contributed by atoms with E-state index in [0.717, 1.165) is 44.6 Å². The van der Waals surface area contributed by atoms with Crippen LogP contribution in [0.5, 0.6) is 0 Å². The van der Waals surface area contributed by atoms with Gasteiger partial charge in [0.05, 0.1) is 0 Å². The van der Waals surface area contributed by atoms with E-state index < -0.39 is 0 Å². The molecular weight excluding hydrogens is 451 g/mol. The van der Waals surface area contributed by atoms with E-state index in [0.29, 0.717) is 5.41 Å². The van der Waals surface area contributed by atoms with Gasteiger partial charge in [-0.2, -0.15) is 0 Å². The maximum atomic E-state index is 5.62. The number of aliphatic imine (C=N–C) groups is 1. The van der Waals surface area contributed by atoms with Crippen LogP contribution in [0.1, 0.15) is 65.2 Å². The minimum Gasteiger partial charge on any atom is -0.382 e. The first kappa shape index (κ1) is 25.0. The molecule has 2 aliphatic rings. The van der Waals surface area contributed by atoms with Gasteiger partial charge in [0.1, 0.15) is 0 Å². The van der Waals surface area contributed by atoms with Crippen LogP contribution in [0.3, 0.4) is 0 Å². The minimum atomic E-state index is 0. The number of likely N-dealkylation sites (tertiary alicyclic amines) is 1. The summed E-state index contributed by atoms with van der Waals surface area (Å²) in [6.45, 7) is 11.9. The average Bonchev–Trinajstić information content (AvgIpc) is 3.12. The van der Waals surface area contributed by atoms with Gasteiger partial charge in [-0.3, -0.25) is 4.99 Å². The van der Waals surface area contributed by atoms with Crippen LogP contribution in [0.15, 0.2) is 4.99 Å². The van der Waals surface area contributed by atoms with Gasteiger partial charge in [-0.1, -0.05) is 19.8 Å². The van der Waals surface area contributed by atoms with Crippen LogP contribution in [0, 0.1) is 11.3 Å². The monoisotopic (exact) mass is 494 g/mol. The molecule has 0 atom stereocenters. The Hall–Kier alpha value is -0.0800. The summed E-state index contributed by atoms with van der Waals surface area (Å²) in [5.74, 6) is 1.87. The van der Waals surface area contributed by atoms with E-state index in [1.54, 1.807) is 0 Å². The zero-order chi connectivity index (χ0) is 18.7. The summed E-state index contributed by atoms with van der Waals surface area (Å²) in [4.78, 5) is 7.03. The van der Waals surface area contributed by atoms with Crippen molar-refractivity contribution in [2.75, 3.05) is 53.0 Å². The van der Waals surface area contributed by atoms with Gasteiger partial charge in [0.15, 0.2) is 5.96 Å². The van der Waals surface area contributed by atoms with Crippen molar-refractivity contribution in [1.82, 2.24) is 15.5 Å². The lowest BCUT2D eigenvalue weighted by Crippen LogP contribution is -2.44. The summed E-state index contributed by atoms with van der Waals surface area (Å²) < 4.78 is 5.62. The number of nitrogens with zero attached hydrogens (tertiary/aromatic N) is 2. The third-order valence-corrected chi connectivity index (χ3v) is 6.32. The number of guanidine groups is 1. The van der Waals surface area contributed by atoms with Crippen molar-refractivity contribution in [1.29, 1.82) is 0 Å². The third-order valence-electron chi connectivity index (χ3n) is 6.32. The molecular formula is C21H43IN4O. The zero-order valence-corrected chi connectivity index (χ0v) is 20.2. The van der Waals surface area contributed by atoms with Gasteiger partial charge in [0.25, 0.3) is 0 Å². The molecule has 0 spiro atoms. The molecule has 0 aromatic carbocycles. The summed E-state index contributed by atoms with van der Waals surface area (Å²) in [5, 5.41) is 7.10. The molecule has 0 aromatic rings. The number of piperidine rings is 1. The first-order valence-corrected chi connectivity index (χ1v) is 10.9. The Morgan fingerprint density at radius 3 is 2.52 bits per heavy atom. The molecule has 5 nitrogen and oxygen atoms in total. The van der Waals surface area contributed by atoms with Crippen molar-refractivity contribution in [2.45, 2.75) is 65.2 Å². The maximum Gasteiger partial charge on any atom is 0.190 e. The first-order valence-electron chi connectivity index (χ1n) is 10.9. The van der Waals surface area contributed by atoms with Gasteiger partial charge in [-0.25, -0.2) is 0 Å². The van der Waals surface area contributed by atoms with Gasteiger partial charge in [0, 0.05) is 33.4 Å². The van der Waals surface area contributed by atoms with Gasteiger partial charge >= 0.3 is 0 Å². The number of halogens is 1. The molecule has 6 heteroatoms. The quantitative estimate of drug-likeness (QED) is 0.210. The molecule has 0 unspecified atom stereocenters. The Bertz CT molecular complexity index is 405. The second kappa shape index (κ2) is 14.0. The van der Waals surface area contributed by atoms with Crippen molar-refractivity contribution in [2.24, 2.45) is 16.3 Å². The molecule has 1 heterocycles. The van der Waals surface area contributed by atoms with E-state index in [4.69, 9.17) is 4.74 Å². The second-order valence-corrected chi connectivity index (χ2v) is 8.38. The predicted octanol–water partition coefficient (Wildman–Crippen LogP) is 3.88. The molecule has 0 amide bonds. The minimum absolute atomic E-state index is 0. The fraction of sp³-hybridized carbons (Fsp3) is 0.952. The van der Waals surface area contributed by atoms with Gasteiger partial charge in [0.2, 0.25) is 0 Å². The Balaban J connectivity index is 0.00000364. The molecule has 0 bridgehead atoms. The van der Waals surface area contributed by atoms with E-state index in [-0.39, 0.29) is 24.0 Å². The third kappa shape index (κ3) is 9.31. The Labute approximate surface area is 184 Å². The van der Waals surface area contributed by atoms with Crippen molar-refractivity contribution in [3.05, 3.63) is 0 Å². The van der Waals surface area contributed by atoms with Crippen LogP contribution in [-0.2, 0) is 4.74 Å². The maximum absolute atomic E-state index is 5.62. The molecule has 0 aromatic heterocycles. The van der Waals surface area contributed by atoms with Crippen LogP contribution < -0.4 is 10.6 Å². The van der Waals surface area contributed by atoms with Crippen molar-refractivity contribution >= 4 is 29.9 Å². The molecule has 1 saturated carbocycles. The first-order chi connectivity index (χ1) is 12.7. The fourth-order valence-electron chi connectivity index (χ4n) is 4.36. The highest BCUT2D eigenvalue weighted by Crippen LogP contribution is 2.40. The fourth-order valence-corrected chi connectivity index (χ4v) is 4.36. The summed E-state index contributed by atoms with van der Waals surface area (Å²) >= 11 is 0. The van der Waals surface area contributed by atoms with E-state index >= 15 is 0 Å². The Kier molecular flexibility index (Phi) is 12.9. The highest BCUT2D eigenvalue weighted by molar-refractivity contribution is 14.0. The SMILES string of the molecule is CCOCCC1(CNC(=NC)NCCCN2CCC(C)CC2)CCCC1.I. The lowest BCUT2D eigenvalue weighted by Gasteiger charge is -2.31. The number of hydrogen-bond acceptors (Lipinski definition) is 3. The van der Waals surface area contributed by atoms with Crippen LogP contribution in [-0.4, -0.2) is 63.8 Å². The molecule has 1 aliphatic heterocycles. The molecule has 1 aliphatic carbocycles. The van der Waals surface area contributed by atoms with E-state index in [1.807, 2.05) is 7.05 Å². The average molecular weight is 495 g/mol. The number of hydrogen-bond donors (Lipinski definition) is 2. The molecule has 2 fully saturated rings. The lowest BCUT2D eigenvalue weighted by atomic mass is 9.83. The summed E-state index contributed by atoms with van der Waals surface area (Å²) in [5.41, 5.74) is 0.400. The topological polar surface area (TPSA) is 48.9 Å². The van der Waals surface area contributed by atoms with Crippen molar-refractivity contribution < 1.29 is 4.74 Å². The van der Waals surface area contributed by atoms with E-state index in [2.05, 4.69) is 34.4 Å². The van der Waals surface area contributed by atoms with Gasteiger partial charge < -0.3 is 20.3 Å². The van der Waals surface area contributed by atoms with Crippen LogP contribution in [0.2, 0.25) is 0 Å². The second-order valence-electron chi connectivity index (χ2n) is 8.38. The number of ether oxygens (including phenoxy) is 1. The number of rotatable bonds is 10. The van der Waals surface area contributed by atoms with Gasteiger partial charge in [-0.15, -0.1) is 24.0 Å². The van der Waals surface area contributed by atoms with Gasteiger partial charge in [-0.05, 0) is 76.4 Å². The Morgan fingerprint density at radius 1 is 1.19 bits per heavy atom. The lowest BCUT2D eigenvalue weighted by molar-refractivity contribution is 0.105. The summed E-state index contributed by atoms with van der Waals surface area (Å²) in [6, 6.07) is 0. The highest BCUT2D eigenvalue weighted by Gasteiger charge is 2.33. The Morgan fingerprint density at radius 2 is 1.89 bits per heavy atom. The van der Waals surface area contributed by atoms with Crippen LogP contribution >= 0.6 is 24.0 Å². The van der Waals surface area contributed by atoms with Crippen LogP contribution in [0.25, 0.3) is 0 Å². The summed E-state index contributed by atoms with van der Waals surface area (Å²) in [7, 11) is 1.88. The van der Waals surface area contributed by atoms with Crippen molar-refractivity contribution in [3.63, 3.8) is 0 Å². The number of nitrogens with one attached hydrogen (secondary N) is 2. The smallest absolute Gasteiger partial charge is 0.190 e. The molecule has 27 heavy (non-hydrogen) atoms. The molecule has 2 N–H and O–H groups in total. The standard InChI is InChI=1S/C21H42N4O.HI/c1-4-26-17-12-21(10-5-6-11-21)18-24-20(22-3)23-13-7-14-25-15-8-19(2)9-16-25;/h19H,4-18H2,1-3H3,(H2,22,23,24);1H.